The first-order valence-electron chi connectivity index (χ1n) is 7.01. The molecule has 0 saturated carbocycles. The molecule has 3 rings (SSSR count). The van der Waals surface area contributed by atoms with E-state index < -0.39 is 0 Å². The molecule has 1 fully saturated rings. The molecule has 3 heterocycles. The highest BCUT2D eigenvalue weighted by Gasteiger charge is 2.32. The van der Waals surface area contributed by atoms with Crippen molar-refractivity contribution in [3.05, 3.63) is 22.4 Å². The monoisotopic (exact) mass is 287 g/mol. The Morgan fingerprint density at radius 2 is 2.10 bits per heavy atom. The van der Waals surface area contributed by atoms with E-state index in [0.717, 1.165) is 0 Å². The van der Waals surface area contributed by atoms with Crippen LogP contribution in [-0.4, -0.2) is 51.4 Å². The fraction of sp³-hybridized carbons (Fsp3) is 0.538. The van der Waals surface area contributed by atoms with Crippen molar-refractivity contribution < 1.29 is 4.79 Å². The summed E-state index contributed by atoms with van der Waals surface area (Å²) >= 11 is 0. The third kappa shape index (κ3) is 2.24. The quantitative estimate of drug-likeness (QED) is 0.750. The second kappa shape index (κ2) is 4.44. The number of amides is 1. The van der Waals surface area contributed by atoms with Gasteiger partial charge in [-0.3, -0.25) is 9.59 Å². The van der Waals surface area contributed by atoms with Crippen molar-refractivity contribution in [1.82, 2.24) is 24.6 Å². The molecule has 8 heteroatoms. The largest absolute Gasteiger partial charge is 0.350 e. The maximum atomic E-state index is 12.2. The molecular formula is C13H18BN5O2. The van der Waals surface area contributed by atoms with Gasteiger partial charge in [-0.1, -0.05) is 0 Å². The lowest BCUT2D eigenvalue weighted by Crippen LogP contribution is -2.49. The van der Waals surface area contributed by atoms with Gasteiger partial charge in [0.15, 0.2) is 11.5 Å². The number of H-pyrrole nitrogens is 1. The smallest absolute Gasteiger partial charge is 0.262 e. The molecule has 0 atom stereocenters. The minimum absolute atomic E-state index is 0.0504. The summed E-state index contributed by atoms with van der Waals surface area (Å²) in [6.45, 7) is 7.26. The number of carbonyl (C=O) groups is 1. The maximum Gasteiger partial charge on any atom is 0.262 e. The summed E-state index contributed by atoms with van der Waals surface area (Å²) in [5, 5.41) is 4.78. The van der Waals surface area contributed by atoms with Crippen LogP contribution in [0.3, 0.4) is 0 Å². The van der Waals surface area contributed by atoms with E-state index in [4.69, 9.17) is 0 Å². The molecule has 0 radical (unpaired) electrons. The van der Waals surface area contributed by atoms with Crippen LogP contribution in [0.5, 0.6) is 0 Å². The lowest BCUT2D eigenvalue weighted by atomic mass is 9.95. The van der Waals surface area contributed by atoms with Gasteiger partial charge in [-0.05, 0) is 20.8 Å². The summed E-state index contributed by atoms with van der Waals surface area (Å²) < 4.78 is 1.77. The summed E-state index contributed by atoms with van der Waals surface area (Å²) in [6, 6.07) is 0. The highest BCUT2D eigenvalue weighted by Crippen LogP contribution is 2.25. The molecule has 2 aromatic rings. The van der Waals surface area contributed by atoms with Crippen molar-refractivity contribution >= 4 is 24.7 Å². The Hall–Kier alpha value is -2.12. The SMILES string of the molecule is BC(=O)N1CC(c2nc3c(cnn3C(C)(C)C)c(=O)[nH]2)C1. The second-order valence-corrected chi connectivity index (χ2v) is 6.54. The minimum Gasteiger partial charge on any atom is -0.350 e. The van der Waals surface area contributed by atoms with Gasteiger partial charge in [0.1, 0.15) is 11.2 Å². The zero-order valence-electron chi connectivity index (χ0n) is 12.7. The summed E-state index contributed by atoms with van der Waals surface area (Å²) in [5.74, 6) is 0.778. The van der Waals surface area contributed by atoms with Crippen LogP contribution in [0.2, 0.25) is 0 Å². The van der Waals surface area contributed by atoms with Gasteiger partial charge < -0.3 is 9.88 Å². The molecule has 0 bridgehead atoms. The molecule has 0 aromatic carbocycles. The zero-order chi connectivity index (χ0) is 15.4. The van der Waals surface area contributed by atoms with Gasteiger partial charge in [-0.15, -0.1) is 0 Å². The topological polar surface area (TPSA) is 83.9 Å². The fourth-order valence-electron chi connectivity index (χ4n) is 2.53. The van der Waals surface area contributed by atoms with Gasteiger partial charge in [0.2, 0.25) is 7.85 Å². The van der Waals surface area contributed by atoms with E-state index in [0.29, 0.717) is 29.9 Å². The minimum atomic E-state index is -0.245. The van der Waals surface area contributed by atoms with Crippen LogP contribution in [0.4, 0.5) is 4.79 Å². The molecular weight excluding hydrogens is 269 g/mol. The number of aromatic amines is 1. The van der Waals surface area contributed by atoms with Crippen LogP contribution >= 0.6 is 0 Å². The highest BCUT2D eigenvalue weighted by molar-refractivity contribution is 6.57. The Morgan fingerprint density at radius 1 is 1.43 bits per heavy atom. The van der Waals surface area contributed by atoms with Gasteiger partial charge in [0, 0.05) is 13.1 Å². The molecule has 0 aliphatic carbocycles. The van der Waals surface area contributed by atoms with Crippen molar-refractivity contribution in [2.75, 3.05) is 13.1 Å². The first kappa shape index (κ1) is 13.8. The molecule has 1 aliphatic rings. The molecule has 1 amide bonds. The van der Waals surface area contributed by atoms with Crippen molar-refractivity contribution in [3.63, 3.8) is 0 Å². The lowest BCUT2D eigenvalue weighted by molar-refractivity contribution is 0.170. The third-order valence-electron chi connectivity index (χ3n) is 3.81. The molecule has 0 spiro atoms. The zero-order valence-corrected chi connectivity index (χ0v) is 12.7. The average Bonchev–Trinajstić information content (AvgIpc) is 2.69. The Balaban J connectivity index is 2.03. The van der Waals surface area contributed by atoms with Gasteiger partial charge in [-0.2, -0.15) is 5.10 Å². The predicted molar refractivity (Wildman–Crippen MR) is 81.4 cm³/mol. The predicted octanol–water partition coefficient (Wildman–Crippen LogP) is 0.0269. The van der Waals surface area contributed by atoms with Crippen molar-refractivity contribution in [1.29, 1.82) is 0 Å². The van der Waals surface area contributed by atoms with Crippen molar-refractivity contribution in [3.8, 4) is 0 Å². The molecule has 110 valence electrons. The van der Waals surface area contributed by atoms with E-state index in [2.05, 4.69) is 15.1 Å². The molecule has 1 N–H and O–H groups in total. The van der Waals surface area contributed by atoms with E-state index >= 15 is 0 Å². The molecule has 1 saturated heterocycles. The third-order valence-corrected chi connectivity index (χ3v) is 3.81. The summed E-state index contributed by atoms with van der Waals surface area (Å²) in [5.41, 5.74) is 0.180. The molecule has 21 heavy (non-hydrogen) atoms. The Bertz CT molecular complexity index is 767. The number of fused-ring (bicyclic) bond motifs is 1. The van der Waals surface area contributed by atoms with E-state index in [-0.39, 0.29) is 22.8 Å². The molecule has 1 aliphatic heterocycles. The van der Waals surface area contributed by atoms with Crippen LogP contribution in [0.25, 0.3) is 11.0 Å². The van der Waals surface area contributed by atoms with Crippen LogP contribution < -0.4 is 5.56 Å². The molecule has 0 unspecified atom stereocenters. The number of carbonyl (C=O) groups excluding carboxylic acids is 1. The van der Waals surface area contributed by atoms with Crippen LogP contribution in [0.1, 0.15) is 32.5 Å². The van der Waals surface area contributed by atoms with Crippen molar-refractivity contribution in [2.45, 2.75) is 32.2 Å². The Kier molecular flexibility index (Phi) is 2.93. The molecule has 7 nitrogen and oxygen atoms in total. The number of hydrogen-bond donors (Lipinski definition) is 1. The van der Waals surface area contributed by atoms with Crippen molar-refractivity contribution in [2.24, 2.45) is 0 Å². The first-order chi connectivity index (χ1) is 9.77. The van der Waals surface area contributed by atoms with E-state index in [1.54, 1.807) is 23.6 Å². The number of nitrogens with one attached hydrogen (secondary N) is 1. The average molecular weight is 287 g/mol. The van der Waals surface area contributed by atoms with Gasteiger partial charge in [0.25, 0.3) is 5.56 Å². The standard InChI is InChI=1S/C13H18BN5O2/c1-13(2,3)19-10-8(4-15-19)11(20)17-9(16-10)7-5-18(6-7)12(14)21/h4,7H,5-6,14H2,1-3H3,(H,16,17,20). The maximum absolute atomic E-state index is 12.2. The summed E-state index contributed by atoms with van der Waals surface area (Å²) in [4.78, 5) is 32.6. The van der Waals surface area contributed by atoms with Gasteiger partial charge >= 0.3 is 0 Å². The summed E-state index contributed by atoms with van der Waals surface area (Å²) in [7, 11) is 1.55. The fourth-order valence-corrected chi connectivity index (χ4v) is 2.53. The number of nitrogens with zero attached hydrogens (tertiary/aromatic N) is 4. The molecule has 2 aromatic heterocycles. The van der Waals surface area contributed by atoms with E-state index in [9.17, 15) is 9.59 Å². The van der Waals surface area contributed by atoms with Crippen LogP contribution in [0.15, 0.2) is 11.0 Å². The number of aromatic nitrogens is 4. The highest BCUT2D eigenvalue weighted by atomic mass is 16.2. The number of rotatable bonds is 1. The van der Waals surface area contributed by atoms with Crippen LogP contribution in [0, 0.1) is 0 Å². The second-order valence-electron chi connectivity index (χ2n) is 6.54. The first-order valence-corrected chi connectivity index (χ1v) is 7.01. The Morgan fingerprint density at radius 3 is 2.67 bits per heavy atom. The Labute approximate surface area is 122 Å². The van der Waals surface area contributed by atoms with E-state index in [1.807, 2.05) is 20.8 Å². The van der Waals surface area contributed by atoms with Gasteiger partial charge in [0.05, 0.1) is 17.7 Å². The number of hydrogen-bond acceptors (Lipinski definition) is 4. The van der Waals surface area contributed by atoms with E-state index in [1.165, 1.54) is 0 Å². The summed E-state index contributed by atoms with van der Waals surface area (Å²) in [6.07, 6.45) is 1.55. The lowest BCUT2D eigenvalue weighted by Gasteiger charge is -2.38. The number of likely N-dealkylation sites (tertiary alicyclic amines) is 1. The normalized spacial score (nSPS) is 16.2. The van der Waals surface area contributed by atoms with Crippen LogP contribution in [-0.2, 0) is 5.54 Å². The van der Waals surface area contributed by atoms with Gasteiger partial charge in [-0.25, -0.2) is 9.67 Å².